The van der Waals surface area contributed by atoms with Crippen LogP contribution in [0.2, 0.25) is 0 Å². The van der Waals surface area contributed by atoms with Crippen LogP contribution in [0, 0.1) is 13.8 Å². The van der Waals surface area contributed by atoms with Crippen LogP contribution in [0.4, 0.5) is 0 Å². The molecule has 2 N–H and O–H groups in total. The Hall–Kier alpha value is -1.85. The highest BCUT2D eigenvalue weighted by Crippen LogP contribution is 2.41. The fourth-order valence-corrected chi connectivity index (χ4v) is 3.82. The van der Waals surface area contributed by atoms with Crippen molar-refractivity contribution >= 4 is 24.8 Å². The molecule has 2 aromatic carbocycles. The second kappa shape index (κ2) is 6.57. The van der Waals surface area contributed by atoms with E-state index in [1.54, 1.807) is 0 Å². The molecule has 0 saturated carbocycles. The van der Waals surface area contributed by atoms with Crippen LogP contribution in [0.1, 0.15) is 11.1 Å². The van der Waals surface area contributed by atoms with Gasteiger partial charge < -0.3 is 14.2 Å². The SMILES string of the molecule is Cc1ccc(Sc2oc(-c3ccc(C)cc3)nc2P(=O)(O)O)cc1. The lowest BCUT2D eigenvalue weighted by molar-refractivity contribution is 0.384. The van der Waals surface area contributed by atoms with E-state index in [4.69, 9.17) is 4.42 Å². The summed E-state index contributed by atoms with van der Waals surface area (Å²) in [6.45, 7) is 3.93. The molecule has 0 radical (unpaired) electrons. The smallest absolute Gasteiger partial charge is 0.379 e. The largest absolute Gasteiger partial charge is 0.428 e. The van der Waals surface area contributed by atoms with Gasteiger partial charge in [0, 0.05) is 10.5 Å². The van der Waals surface area contributed by atoms with Crippen molar-refractivity contribution in [1.29, 1.82) is 0 Å². The molecule has 0 amide bonds. The van der Waals surface area contributed by atoms with Crippen molar-refractivity contribution in [2.75, 3.05) is 0 Å². The molecule has 0 aliphatic carbocycles. The first-order valence-electron chi connectivity index (χ1n) is 7.21. The van der Waals surface area contributed by atoms with E-state index in [0.29, 0.717) is 5.56 Å². The molecule has 1 heterocycles. The molecule has 0 aliphatic heterocycles. The maximum absolute atomic E-state index is 11.8. The van der Waals surface area contributed by atoms with Crippen LogP contribution in [0.3, 0.4) is 0 Å². The van der Waals surface area contributed by atoms with Crippen molar-refractivity contribution in [2.24, 2.45) is 0 Å². The van der Waals surface area contributed by atoms with Crippen molar-refractivity contribution in [3.05, 3.63) is 59.7 Å². The lowest BCUT2D eigenvalue weighted by Gasteiger charge is -2.02. The Balaban J connectivity index is 2.02. The Morgan fingerprint density at radius 2 is 1.50 bits per heavy atom. The summed E-state index contributed by atoms with van der Waals surface area (Å²) in [6.07, 6.45) is 0. The molecule has 0 atom stereocenters. The highest BCUT2D eigenvalue weighted by molar-refractivity contribution is 7.99. The summed E-state index contributed by atoms with van der Waals surface area (Å²) in [5, 5.41) is 0.114. The summed E-state index contributed by atoms with van der Waals surface area (Å²) in [4.78, 5) is 24.0. The molecular formula is C17H16NO4PS. The molecule has 0 bridgehead atoms. The fourth-order valence-electron chi connectivity index (χ4n) is 2.08. The topological polar surface area (TPSA) is 83.6 Å². The normalized spacial score (nSPS) is 11.7. The van der Waals surface area contributed by atoms with Gasteiger partial charge in [0.2, 0.25) is 16.4 Å². The summed E-state index contributed by atoms with van der Waals surface area (Å²) < 4.78 is 17.4. The van der Waals surface area contributed by atoms with Crippen LogP contribution in [-0.4, -0.2) is 14.8 Å². The van der Waals surface area contributed by atoms with Crippen LogP contribution in [0.5, 0.6) is 0 Å². The Morgan fingerprint density at radius 3 is 2.04 bits per heavy atom. The maximum Gasteiger partial charge on any atom is 0.379 e. The summed E-state index contributed by atoms with van der Waals surface area (Å²) >= 11 is 1.15. The molecule has 3 aromatic rings. The van der Waals surface area contributed by atoms with Gasteiger partial charge in [0.25, 0.3) is 0 Å². The van der Waals surface area contributed by atoms with Crippen LogP contribution in [-0.2, 0) is 4.57 Å². The number of aryl methyl sites for hydroxylation is 2. The Bertz CT molecular complexity index is 897. The average Bonchev–Trinajstić information content (AvgIpc) is 2.94. The molecule has 124 valence electrons. The molecule has 3 rings (SSSR count). The second-order valence-corrected chi connectivity index (χ2v) is 8.01. The summed E-state index contributed by atoms with van der Waals surface area (Å²) in [6, 6.07) is 15.0. The van der Waals surface area contributed by atoms with Crippen molar-refractivity contribution in [3.8, 4) is 11.5 Å². The average molecular weight is 361 g/mol. The molecule has 7 heteroatoms. The third-order valence-electron chi connectivity index (χ3n) is 3.39. The molecule has 1 aromatic heterocycles. The van der Waals surface area contributed by atoms with Gasteiger partial charge in [-0.3, -0.25) is 4.57 Å². The summed E-state index contributed by atoms with van der Waals surface area (Å²) in [5.74, 6) is 0.197. The number of oxazole rings is 1. The van der Waals surface area contributed by atoms with Gasteiger partial charge in [-0.2, -0.15) is 4.98 Å². The predicted molar refractivity (Wildman–Crippen MR) is 93.7 cm³/mol. The van der Waals surface area contributed by atoms with Crippen LogP contribution < -0.4 is 5.44 Å². The van der Waals surface area contributed by atoms with Gasteiger partial charge >= 0.3 is 7.60 Å². The van der Waals surface area contributed by atoms with E-state index in [1.165, 1.54) is 0 Å². The Kier molecular flexibility index (Phi) is 4.65. The number of aromatic nitrogens is 1. The standard InChI is InChI=1S/C17H16NO4PS/c1-11-3-7-13(8-4-11)15-18-16(23(19,20)21)17(22-15)24-14-9-5-12(2)6-10-14/h3-10H,1-2H3,(H2,19,20,21). The lowest BCUT2D eigenvalue weighted by Crippen LogP contribution is -2.07. The fraction of sp³-hybridized carbons (Fsp3) is 0.118. The van der Waals surface area contributed by atoms with Crippen molar-refractivity contribution in [1.82, 2.24) is 4.98 Å². The van der Waals surface area contributed by atoms with E-state index in [1.807, 2.05) is 62.4 Å². The quantitative estimate of drug-likeness (QED) is 0.686. The third-order valence-corrected chi connectivity index (χ3v) is 5.36. The van der Waals surface area contributed by atoms with Crippen molar-refractivity contribution in [3.63, 3.8) is 0 Å². The molecule has 0 spiro atoms. The van der Waals surface area contributed by atoms with Gasteiger partial charge in [0.05, 0.1) is 0 Å². The van der Waals surface area contributed by atoms with E-state index >= 15 is 0 Å². The van der Waals surface area contributed by atoms with Crippen molar-refractivity contribution < 1.29 is 18.8 Å². The molecule has 0 fully saturated rings. The number of nitrogens with zero attached hydrogens (tertiary/aromatic N) is 1. The van der Waals surface area contributed by atoms with Crippen LogP contribution in [0.25, 0.3) is 11.5 Å². The molecule has 24 heavy (non-hydrogen) atoms. The van der Waals surface area contributed by atoms with Gasteiger partial charge in [-0.05, 0) is 49.9 Å². The van der Waals surface area contributed by atoms with Crippen molar-refractivity contribution in [2.45, 2.75) is 23.8 Å². The minimum Gasteiger partial charge on any atom is -0.428 e. The number of benzene rings is 2. The van der Waals surface area contributed by atoms with E-state index in [9.17, 15) is 14.4 Å². The summed E-state index contributed by atoms with van der Waals surface area (Å²) in [7, 11) is -4.54. The zero-order valence-corrected chi connectivity index (χ0v) is 14.8. The summed E-state index contributed by atoms with van der Waals surface area (Å²) in [5.41, 5.74) is 2.52. The van der Waals surface area contributed by atoms with Gasteiger partial charge in [-0.1, -0.05) is 35.4 Å². The number of rotatable bonds is 4. The highest BCUT2D eigenvalue weighted by atomic mass is 32.2. The number of hydrogen-bond donors (Lipinski definition) is 2. The first-order valence-corrected chi connectivity index (χ1v) is 9.64. The van der Waals surface area contributed by atoms with E-state index in [-0.39, 0.29) is 16.4 Å². The molecule has 0 saturated heterocycles. The maximum atomic E-state index is 11.8. The van der Waals surface area contributed by atoms with E-state index in [0.717, 1.165) is 27.8 Å². The van der Waals surface area contributed by atoms with Crippen LogP contribution >= 0.6 is 19.4 Å². The number of hydrogen-bond acceptors (Lipinski definition) is 4. The van der Waals surface area contributed by atoms with Gasteiger partial charge in [0.1, 0.15) is 0 Å². The molecular weight excluding hydrogens is 345 g/mol. The van der Waals surface area contributed by atoms with E-state index in [2.05, 4.69) is 4.98 Å². The predicted octanol–water partition coefficient (Wildman–Crippen LogP) is 3.91. The first-order chi connectivity index (χ1) is 11.3. The monoisotopic (exact) mass is 361 g/mol. The second-order valence-electron chi connectivity index (χ2n) is 5.46. The molecule has 0 aliphatic rings. The molecule has 5 nitrogen and oxygen atoms in total. The molecule has 0 unspecified atom stereocenters. The Labute approximate surface area is 143 Å². The van der Waals surface area contributed by atoms with E-state index < -0.39 is 7.60 Å². The van der Waals surface area contributed by atoms with Gasteiger partial charge in [-0.25, -0.2) is 0 Å². The van der Waals surface area contributed by atoms with Gasteiger partial charge in [-0.15, -0.1) is 0 Å². The minimum atomic E-state index is -4.54. The third kappa shape index (κ3) is 3.79. The minimum absolute atomic E-state index is 0.114. The van der Waals surface area contributed by atoms with Gasteiger partial charge in [0.15, 0.2) is 0 Å². The Morgan fingerprint density at radius 1 is 0.958 bits per heavy atom. The zero-order valence-electron chi connectivity index (χ0n) is 13.1. The van der Waals surface area contributed by atoms with Crippen LogP contribution in [0.15, 0.2) is 62.9 Å². The first kappa shape index (κ1) is 17.0. The zero-order chi connectivity index (χ0) is 17.3. The highest BCUT2D eigenvalue weighted by Gasteiger charge is 2.29. The lowest BCUT2D eigenvalue weighted by atomic mass is 10.1.